The van der Waals surface area contributed by atoms with Gasteiger partial charge in [-0.2, -0.15) is 0 Å². The Morgan fingerprint density at radius 1 is 1.22 bits per heavy atom. The van der Waals surface area contributed by atoms with Crippen molar-refractivity contribution >= 4 is 17.7 Å². The summed E-state index contributed by atoms with van der Waals surface area (Å²) in [6.45, 7) is 5.66. The summed E-state index contributed by atoms with van der Waals surface area (Å²) in [5.41, 5.74) is 0.620. The van der Waals surface area contributed by atoms with Crippen molar-refractivity contribution in [3.63, 3.8) is 0 Å². The number of rotatable bonds is 2. The van der Waals surface area contributed by atoms with E-state index in [1.807, 2.05) is 20.8 Å². The second kappa shape index (κ2) is 5.53. The molecule has 0 aliphatic heterocycles. The van der Waals surface area contributed by atoms with Gasteiger partial charge < -0.3 is 15.4 Å². The monoisotopic (exact) mass is 250 g/mol. The van der Waals surface area contributed by atoms with Gasteiger partial charge in [-0.3, -0.25) is 0 Å². The molecule has 0 saturated carbocycles. The molecule has 0 aliphatic rings. The number of urea groups is 1. The van der Waals surface area contributed by atoms with E-state index in [0.717, 1.165) is 0 Å². The fourth-order valence-electron chi connectivity index (χ4n) is 1.34. The van der Waals surface area contributed by atoms with E-state index in [9.17, 15) is 9.59 Å². The van der Waals surface area contributed by atoms with Crippen LogP contribution in [0.4, 0.5) is 10.5 Å². The fourth-order valence-corrected chi connectivity index (χ4v) is 1.34. The predicted molar refractivity (Wildman–Crippen MR) is 69.7 cm³/mol. The summed E-state index contributed by atoms with van der Waals surface area (Å²) in [7, 11) is 1.31. The van der Waals surface area contributed by atoms with Crippen molar-refractivity contribution in [1.29, 1.82) is 0 Å². The molecule has 98 valence electrons. The molecular weight excluding hydrogens is 232 g/mol. The summed E-state index contributed by atoms with van der Waals surface area (Å²) >= 11 is 0. The van der Waals surface area contributed by atoms with Crippen LogP contribution in [-0.2, 0) is 4.74 Å². The molecule has 0 aliphatic carbocycles. The van der Waals surface area contributed by atoms with E-state index in [2.05, 4.69) is 15.4 Å². The van der Waals surface area contributed by atoms with Gasteiger partial charge in [-0.15, -0.1) is 0 Å². The van der Waals surface area contributed by atoms with Gasteiger partial charge in [0.2, 0.25) is 0 Å². The molecule has 0 fully saturated rings. The van der Waals surface area contributed by atoms with Crippen LogP contribution in [0.25, 0.3) is 0 Å². The van der Waals surface area contributed by atoms with Crippen LogP contribution in [0, 0.1) is 0 Å². The van der Waals surface area contributed by atoms with Crippen LogP contribution in [0.15, 0.2) is 24.3 Å². The number of methoxy groups -OCH3 is 1. The molecule has 0 spiro atoms. The average molecular weight is 250 g/mol. The molecule has 0 bridgehead atoms. The minimum Gasteiger partial charge on any atom is -0.465 e. The van der Waals surface area contributed by atoms with Gasteiger partial charge in [0.25, 0.3) is 0 Å². The van der Waals surface area contributed by atoms with Crippen molar-refractivity contribution in [3.8, 4) is 0 Å². The van der Waals surface area contributed by atoms with Gasteiger partial charge in [-0.1, -0.05) is 6.07 Å². The third kappa shape index (κ3) is 4.45. The minimum absolute atomic E-state index is 0.315. The van der Waals surface area contributed by atoms with Crippen molar-refractivity contribution in [2.45, 2.75) is 26.3 Å². The van der Waals surface area contributed by atoms with E-state index in [4.69, 9.17) is 0 Å². The van der Waals surface area contributed by atoms with E-state index in [0.29, 0.717) is 11.3 Å². The molecule has 0 saturated heterocycles. The van der Waals surface area contributed by atoms with Crippen LogP contribution in [0.3, 0.4) is 0 Å². The van der Waals surface area contributed by atoms with Crippen LogP contribution < -0.4 is 10.6 Å². The van der Waals surface area contributed by atoms with Gasteiger partial charge in [0, 0.05) is 11.2 Å². The number of carbonyl (C=O) groups is 2. The van der Waals surface area contributed by atoms with Crippen LogP contribution in [0.2, 0.25) is 0 Å². The molecule has 5 heteroatoms. The van der Waals surface area contributed by atoms with Crippen LogP contribution in [-0.4, -0.2) is 24.6 Å². The van der Waals surface area contributed by atoms with E-state index in [1.165, 1.54) is 7.11 Å². The lowest BCUT2D eigenvalue weighted by Crippen LogP contribution is -2.43. The normalized spacial score (nSPS) is 10.7. The SMILES string of the molecule is COC(=O)c1cccc(NC(=O)NC(C)(C)C)c1. The van der Waals surface area contributed by atoms with Crippen LogP contribution in [0.1, 0.15) is 31.1 Å². The number of anilines is 1. The zero-order valence-corrected chi connectivity index (χ0v) is 11.0. The lowest BCUT2D eigenvalue weighted by atomic mass is 10.1. The fraction of sp³-hybridized carbons (Fsp3) is 0.385. The quantitative estimate of drug-likeness (QED) is 0.792. The molecule has 5 nitrogen and oxygen atoms in total. The smallest absolute Gasteiger partial charge is 0.337 e. The molecule has 1 rings (SSSR count). The van der Waals surface area contributed by atoms with Crippen LogP contribution in [0.5, 0.6) is 0 Å². The molecule has 1 aromatic carbocycles. The van der Waals surface area contributed by atoms with Crippen molar-refractivity contribution in [1.82, 2.24) is 5.32 Å². The lowest BCUT2D eigenvalue weighted by molar-refractivity contribution is 0.0600. The number of hydrogen-bond acceptors (Lipinski definition) is 3. The number of carbonyl (C=O) groups excluding carboxylic acids is 2. The maximum atomic E-state index is 11.6. The highest BCUT2D eigenvalue weighted by Crippen LogP contribution is 2.12. The second-order valence-corrected chi connectivity index (χ2v) is 4.90. The summed E-state index contributed by atoms with van der Waals surface area (Å²) < 4.78 is 4.61. The van der Waals surface area contributed by atoms with E-state index < -0.39 is 5.97 Å². The first-order valence-corrected chi connectivity index (χ1v) is 5.59. The summed E-state index contributed by atoms with van der Waals surface area (Å²) in [4.78, 5) is 23.0. The van der Waals surface area contributed by atoms with Gasteiger partial charge in [0.15, 0.2) is 0 Å². The Kier molecular flexibility index (Phi) is 4.31. The first-order valence-electron chi connectivity index (χ1n) is 5.59. The molecule has 0 atom stereocenters. The first kappa shape index (κ1) is 14.0. The summed E-state index contributed by atoms with van der Waals surface area (Å²) in [5, 5.41) is 5.42. The Balaban J connectivity index is 2.74. The molecule has 0 radical (unpaired) electrons. The average Bonchev–Trinajstić information content (AvgIpc) is 2.25. The standard InChI is InChI=1S/C13H18N2O3/c1-13(2,3)15-12(17)14-10-7-5-6-9(8-10)11(16)18-4/h5-8H,1-4H3,(H2,14,15,17). The highest BCUT2D eigenvalue weighted by Gasteiger charge is 2.14. The number of hydrogen-bond donors (Lipinski definition) is 2. The van der Waals surface area contributed by atoms with Crippen molar-refractivity contribution < 1.29 is 14.3 Å². The number of esters is 1. The Morgan fingerprint density at radius 3 is 2.44 bits per heavy atom. The minimum atomic E-state index is -0.435. The van der Waals surface area contributed by atoms with Crippen molar-refractivity contribution in [3.05, 3.63) is 29.8 Å². The van der Waals surface area contributed by atoms with Gasteiger partial charge in [-0.25, -0.2) is 9.59 Å². The molecule has 0 heterocycles. The third-order valence-electron chi connectivity index (χ3n) is 2.03. The Morgan fingerprint density at radius 2 is 1.89 bits per heavy atom. The van der Waals surface area contributed by atoms with Gasteiger partial charge >= 0.3 is 12.0 Å². The molecule has 2 amide bonds. The number of ether oxygens (including phenoxy) is 1. The molecule has 18 heavy (non-hydrogen) atoms. The predicted octanol–water partition coefficient (Wildman–Crippen LogP) is 2.39. The first-order chi connectivity index (χ1) is 8.31. The maximum absolute atomic E-state index is 11.6. The lowest BCUT2D eigenvalue weighted by Gasteiger charge is -2.20. The molecule has 0 aromatic heterocycles. The topological polar surface area (TPSA) is 67.4 Å². The molecule has 0 unspecified atom stereocenters. The summed E-state index contributed by atoms with van der Waals surface area (Å²) in [6.07, 6.45) is 0. The number of benzene rings is 1. The van der Waals surface area contributed by atoms with E-state index >= 15 is 0 Å². The Labute approximate surface area is 107 Å². The molecular formula is C13H18N2O3. The van der Waals surface area contributed by atoms with Crippen LogP contribution >= 0.6 is 0 Å². The maximum Gasteiger partial charge on any atom is 0.337 e. The summed E-state index contributed by atoms with van der Waals surface area (Å²) in [5.74, 6) is -0.435. The Bertz CT molecular complexity index is 450. The third-order valence-corrected chi connectivity index (χ3v) is 2.03. The van der Waals surface area contributed by atoms with Crippen molar-refractivity contribution in [2.75, 3.05) is 12.4 Å². The zero-order chi connectivity index (χ0) is 13.8. The largest absolute Gasteiger partial charge is 0.465 e. The van der Waals surface area contributed by atoms with Gasteiger partial charge in [-0.05, 0) is 39.0 Å². The Hall–Kier alpha value is -2.04. The highest BCUT2D eigenvalue weighted by atomic mass is 16.5. The zero-order valence-electron chi connectivity index (χ0n) is 11.0. The van der Waals surface area contributed by atoms with Gasteiger partial charge in [0.1, 0.15) is 0 Å². The van der Waals surface area contributed by atoms with E-state index in [-0.39, 0.29) is 11.6 Å². The van der Waals surface area contributed by atoms with Gasteiger partial charge in [0.05, 0.1) is 12.7 Å². The molecule has 1 aromatic rings. The van der Waals surface area contributed by atoms with E-state index in [1.54, 1.807) is 24.3 Å². The highest BCUT2D eigenvalue weighted by molar-refractivity contribution is 5.94. The number of nitrogens with one attached hydrogen (secondary N) is 2. The number of amides is 2. The van der Waals surface area contributed by atoms with Crippen molar-refractivity contribution in [2.24, 2.45) is 0 Å². The summed E-state index contributed by atoms with van der Waals surface area (Å²) in [6, 6.07) is 6.25. The molecule has 2 N–H and O–H groups in total. The second-order valence-electron chi connectivity index (χ2n) is 4.90.